The van der Waals surface area contributed by atoms with Gasteiger partial charge in [0.15, 0.2) is 0 Å². The van der Waals surface area contributed by atoms with Crippen molar-refractivity contribution in [3.05, 3.63) is 0 Å². The maximum Gasteiger partial charge on any atom is 0.0760 e. The highest BCUT2D eigenvalue weighted by atomic mass is 35.5. The van der Waals surface area contributed by atoms with Gasteiger partial charge in [0.2, 0.25) is 0 Å². The van der Waals surface area contributed by atoms with Crippen molar-refractivity contribution in [3.8, 4) is 0 Å². The van der Waals surface area contributed by atoms with Crippen LogP contribution >= 0.6 is 23.4 Å². The molecule has 0 saturated heterocycles. The first-order valence-electron chi connectivity index (χ1n) is 3.03. The molecule has 0 aromatic rings. The molecule has 0 N–H and O–H groups in total. The van der Waals surface area contributed by atoms with Crippen molar-refractivity contribution in [1.29, 1.82) is 0 Å². The number of hydrogen-bond donors (Lipinski definition) is 0. The van der Waals surface area contributed by atoms with Crippen LogP contribution < -0.4 is 0 Å². The van der Waals surface area contributed by atoms with Gasteiger partial charge in [-0.1, -0.05) is 13.3 Å². The summed E-state index contributed by atoms with van der Waals surface area (Å²) in [6.07, 6.45) is 2.57. The minimum atomic E-state index is 0.293. The molecule has 0 rings (SSSR count). The molecule has 0 bridgehead atoms. The van der Waals surface area contributed by atoms with Gasteiger partial charge in [-0.15, -0.1) is 23.4 Å². The molecule has 8 heavy (non-hydrogen) atoms. The van der Waals surface area contributed by atoms with Crippen molar-refractivity contribution < 1.29 is 0 Å². The van der Waals surface area contributed by atoms with Crippen LogP contribution in [0.5, 0.6) is 0 Å². The van der Waals surface area contributed by atoms with Crippen LogP contribution in [0, 0.1) is 0 Å². The van der Waals surface area contributed by atoms with E-state index in [-0.39, 0.29) is 0 Å². The molecule has 0 aliphatic heterocycles. The Morgan fingerprint density at radius 3 is 2.62 bits per heavy atom. The molecule has 1 atom stereocenters. The van der Waals surface area contributed by atoms with E-state index in [1.807, 2.05) is 18.7 Å². The molecule has 0 aromatic heterocycles. The fourth-order valence-corrected chi connectivity index (χ4v) is 1.44. The summed E-state index contributed by atoms with van der Waals surface area (Å²) < 4.78 is 0.293. The summed E-state index contributed by atoms with van der Waals surface area (Å²) in [5.41, 5.74) is 0. The van der Waals surface area contributed by atoms with Crippen molar-refractivity contribution in [2.75, 3.05) is 5.75 Å². The number of thioether (sulfide) groups is 1. The standard InChI is InChI=1S/C6H13ClS/c1-3-4-5-8-6(2)7/h6H,3-5H2,1-2H3. The van der Waals surface area contributed by atoms with Gasteiger partial charge in [-0.25, -0.2) is 0 Å². The third kappa shape index (κ3) is 6.64. The van der Waals surface area contributed by atoms with Gasteiger partial charge in [-0.2, -0.15) is 0 Å². The first-order valence-corrected chi connectivity index (χ1v) is 4.51. The second-order valence-electron chi connectivity index (χ2n) is 1.77. The van der Waals surface area contributed by atoms with Gasteiger partial charge in [0, 0.05) is 0 Å². The normalized spacial score (nSPS) is 13.9. The van der Waals surface area contributed by atoms with Crippen molar-refractivity contribution in [2.24, 2.45) is 0 Å². The topological polar surface area (TPSA) is 0 Å². The van der Waals surface area contributed by atoms with E-state index in [1.54, 1.807) is 0 Å². The molecule has 0 spiro atoms. The lowest BCUT2D eigenvalue weighted by molar-refractivity contribution is 0.896. The molecular formula is C6H13ClS. The van der Waals surface area contributed by atoms with E-state index in [1.165, 1.54) is 18.6 Å². The number of rotatable bonds is 4. The number of hydrogen-bond acceptors (Lipinski definition) is 1. The van der Waals surface area contributed by atoms with Gasteiger partial charge in [0.05, 0.1) is 4.71 Å². The first kappa shape index (κ1) is 8.64. The average Bonchev–Trinajstić information content (AvgIpc) is 1.66. The molecule has 1 unspecified atom stereocenters. The fourth-order valence-electron chi connectivity index (χ4n) is 0.390. The summed E-state index contributed by atoms with van der Waals surface area (Å²) in [6, 6.07) is 0. The maximum absolute atomic E-state index is 5.68. The summed E-state index contributed by atoms with van der Waals surface area (Å²) in [4.78, 5) is 0. The van der Waals surface area contributed by atoms with Crippen LogP contribution in [-0.4, -0.2) is 10.5 Å². The zero-order chi connectivity index (χ0) is 6.41. The van der Waals surface area contributed by atoms with E-state index in [4.69, 9.17) is 11.6 Å². The lowest BCUT2D eigenvalue weighted by atomic mass is 10.4. The van der Waals surface area contributed by atoms with Crippen molar-refractivity contribution in [2.45, 2.75) is 31.4 Å². The second-order valence-corrected chi connectivity index (χ2v) is 4.13. The summed E-state index contributed by atoms with van der Waals surface area (Å²) in [5.74, 6) is 1.21. The van der Waals surface area contributed by atoms with Crippen LogP contribution in [0.15, 0.2) is 0 Å². The number of alkyl halides is 1. The van der Waals surface area contributed by atoms with E-state index in [0.29, 0.717) is 4.71 Å². The van der Waals surface area contributed by atoms with Crippen LogP contribution in [0.1, 0.15) is 26.7 Å². The molecule has 0 amide bonds. The van der Waals surface area contributed by atoms with Crippen LogP contribution in [0.2, 0.25) is 0 Å². The minimum absolute atomic E-state index is 0.293. The third-order valence-electron chi connectivity index (χ3n) is 0.845. The summed E-state index contributed by atoms with van der Waals surface area (Å²) in [7, 11) is 0. The molecule has 0 aliphatic carbocycles. The summed E-state index contributed by atoms with van der Waals surface area (Å²) in [5, 5.41) is 0. The average molecular weight is 153 g/mol. The van der Waals surface area contributed by atoms with Crippen molar-refractivity contribution in [3.63, 3.8) is 0 Å². The largest absolute Gasteiger partial charge is 0.143 e. The Morgan fingerprint density at radius 2 is 2.25 bits per heavy atom. The van der Waals surface area contributed by atoms with Crippen LogP contribution in [-0.2, 0) is 0 Å². The molecule has 0 heterocycles. The van der Waals surface area contributed by atoms with Crippen LogP contribution in [0.4, 0.5) is 0 Å². The van der Waals surface area contributed by atoms with Crippen LogP contribution in [0.25, 0.3) is 0 Å². The van der Waals surface area contributed by atoms with Crippen molar-refractivity contribution >= 4 is 23.4 Å². The molecule has 50 valence electrons. The van der Waals surface area contributed by atoms with E-state index >= 15 is 0 Å². The monoisotopic (exact) mass is 152 g/mol. The van der Waals surface area contributed by atoms with Gasteiger partial charge in [-0.05, 0) is 19.1 Å². The zero-order valence-electron chi connectivity index (χ0n) is 5.48. The predicted molar refractivity (Wildman–Crippen MR) is 42.7 cm³/mol. The van der Waals surface area contributed by atoms with E-state index in [0.717, 1.165) is 0 Å². The second kappa shape index (κ2) is 5.77. The Bertz CT molecular complexity index is 45.8. The molecule has 0 aliphatic rings. The van der Waals surface area contributed by atoms with E-state index in [9.17, 15) is 0 Å². The molecule has 0 nitrogen and oxygen atoms in total. The fraction of sp³-hybridized carbons (Fsp3) is 1.00. The quantitative estimate of drug-likeness (QED) is 0.441. The smallest absolute Gasteiger partial charge is 0.0760 e. The summed E-state index contributed by atoms with van der Waals surface area (Å²) in [6.45, 7) is 4.21. The molecule has 0 radical (unpaired) electrons. The summed E-state index contributed by atoms with van der Waals surface area (Å²) >= 11 is 7.50. The van der Waals surface area contributed by atoms with Gasteiger partial charge in [-0.3, -0.25) is 0 Å². The Labute approximate surface area is 61.0 Å². The van der Waals surface area contributed by atoms with Crippen LogP contribution in [0.3, 0.4) is 0 Å². The zero-order valence-corrected chi connectivity index (χ0v) is 7.06. The number of unbranched alkanes of at least 4 members (excludes halogenated alkanes) is 1. The molecular weight excluding hydrogens is 140 g/mol. The maximum atomic E-state index is 5.68. The lowest BCUT2D eigenvalue weighted by Gasteiger charge is -1.98. The van der Waals surface area contributed by atoms with Crippen molar-refractivity contribution in [1.82, 2.24) is 0 Å². The van der Waals surface area contributed by atoms with Gasteiger partial charge < -0.3 is 0 Å². The highest BCUT2D eigenvalue weighted by Crippen LogP contribution is 2.14. The highest BCUT2D eigenvalue weighted by molar-refractivity contribution is 8.01. The molecule has 0 saturated carbocycles. The number of halogens is 1. The SMILES string of the molecule is CCCCSC(C)Cl. The molecule has 0 fully saturated rings. The first-order chi connectivity index (χ1) is 3.77. The molecule has 2 heteroatoms. The Hall–Kier alpha value is 0.640. The predicted octanol–water partition coefficient (Wildman–Crippen LogP) is 3.10. The molecule has 0 aromatic carbocycles. The van der Waals surface area contributed by atoms with Gasteiger partial charge >= 0.3 is 0 Å². The third-order valence-corrected chi connectivity index (χ3v) is 2.21. The minimum Gasteiger partial charge on any atom is -0.143 e. The Balaban J connectivity index is 2.72. The van der Waals surface area contributed by atoms with Gasteiger partial charge in [0.1, 0.15) is 0 Å². The lowest BCUT2D eigenvalue weighted by Crippen LogP contribution is -1.84. The van der Waals surface area contributed by atoms with Gasteiger partial charge in [0.25, 0.3) is 0 Å². The van der Waals surface area contributed by atoms with E-state index in [2.05, 4.69) is 6.92 Å². The Kier molecular flexibility index (Phi) is 6.23. The highest BCUT2D eigenvalue weighted by Gasteiger charge is 1.92. The Morgan fingerprint density at radius 1 is 1.62 bits per heavy atom. The van der Waals surface area contributed by atoms with E-state index < -0.39 is 0 Å².